The lowest BCUT2D eigenvalue weighted by Gasteiger charge is -2.22. The number of nitrogens with zero attached hydrogens (tertiary/aromatic N) is 1. The summed E-state index contributed by atoms with van der Waals surface area (Å²) < 4.78 is 28.0. The minimum absolute atomic E-state index is 0.00120. The van der Waals surface area contributed by atoms with Gasteiger partial charge in [0.25, 0.3) is 0 Å². The molecule has 1 aliphatic heterocycles. The maximum Gasteiger partial charge on any atom is 0.240 e. The monoisotopic (exact) mass is 455 g/mol. The van der Waals surface area contributed by atoms with Crippen LogP contribution in [0.25, 0.3) is 0 Å². The number of rotatable bonds is 7. The van der Waals surface area contributed by atoms with E-state index in [9.17, 15) is 18.0 Å². The van der Waals surface area contributed by atoms with E-state index in [0.29, 0.717) is 12.1 Å². The Labute approximate surface area is 189 Å². The molecule has 1 saturated carbocycles. The van der Waals surface area contributed by atoms with Crippen molar-refractivity contribution in [3.05, 3.63) is 53.1 Å². The molecule has 7 nitrogen and oxygen atoms in total. The van der Waals surface area contributed by atoms with Gasteiger partial charge in [-0.05, 0) is 87.1 Å². The van der Waals surface area contributed by atoms with Gasteiger partial charge in [-0.25, -0.2) is 13.1 Å². The van der Waals surface area contributed by atoms with Gasteiger partial charge in [-0.3, -0.25) is 9.59 Å². The third-order valence-corrected chi connectivity index (χ3v) is 7.63. The van der Waals surface area contributed by atoms with Crippen LogP contribution in [0.2, 0.25) is 0 Å². The summed E-state index contributed by atoms with van der Waals surface area (Å²) in [6.07, 6.45) is 2.53. The van der Waals surface area contributed by atoms with Crippen molar-refractivity contribution in [3.8, 4) is 0 Å². The lowest BCUT2D eigenvalue weighted by molar-refractivity contribution is -0.120. The fourth-order valence-electron chi connectivity index (χ4n) is 4.06. The fraction of sp³-hybridized carbons (Fsp3) is 0.417. The number of aryl methyl sites for hydroxylation is 2. The summed E-state index contributed by atoms with van der Waals surface area (Å²) in [6.45, 7) is 5.95. The Bertz CT molecular complexity index is 1170. The number of hydrogen-bond donors (Lipinski definition) is 2. The van der Waals surface area contributed by atoms with Crippen LogP contribution in [0.3, 0.4) is 0 Å². The maximum atomic E-state index is 12.7. The normalized spacial score (nSPS) is 17.8. The number of sulfonamides is 1. The Balaban J connectivity index is 1.36. The number of anilines is 2. The molecule has 0 radical (unpaired) electrons. The Kier molecular flexibility index (Phi) is 6.09. The van der Waals surface area contributed by atoms with Gasteiger partial charge in [0.15, 0.2) is 0 Å². The van der Waals surface area contributed by atoms with E-state index in [2.05, 4.69) is 10.0 Å². The van der Waals surface area contributed by atoms with Crippen molar-refractivity contribution in [1.29, 1.82) is 0 Å². The van der Waals surface area contributed by atoms with Crippen LogP contribution in [0, 0.1) is 19.8 Å². The van der Waals surface area contributed by atoms with Crippen LogP contribution in [0.5, 0.6) is 0 Å². The highest BCUT2D eigenvalue weighted by Crippen LogP contribution is 2.39. The first-order valence-corrected chi connectivity index (χ1v) is 12.5. The van der Waals surface area contributed by atoms with Crippen molar-refractivity contribution in [2.75, 3.05) is 16.8 Å². The molecule has 1 fully saturated rings. The summed E-state index contributed by atoms with van der Waals surface area (Å²) in [5.41, 5.74) is 4.58. The van der Waals surface area contributed by atoms with E-state index >= 15 is 0 Å². The second-order valence-corrected chi connectivity index (χ2v) is 10.6. The lowest BCUT2D eigenvalue weighted by Crippen LogP contribution is -2.36. The average molecular weight is 456 g/mol. The second-order valence-electron chi connectivity index (χ2n) is 8.82. The molecule has 2 aromatic rings. The SMILES string of the molecule is Cc1ccc(NC(=O)CCNS(=O)(=O)c2ccc3c(c2)C[C@@H](C)N3C(=O)C2CC2)cc1C. The summed E-state index contributed by atoms with van der Waals surface area (Å²) in [4.78, 5) is 26.8. The Morgan fingerprint density at radius 2 is 1.81 bits per heavy atom. The molecule has 4 rings (SSSR count). The quantitative estimate of drug-likeness (QED) is 0.670. The number of carbonyl (C=O) groups is 2. The van der Waals surface area contributed by atoms with Crippen LogP contribution in [-0.4, -0.2) is 32.8 Å². The molecule has 0 spiro atoms. The summed E-state index contributed by atoms with van der Waals surface area (Å²) in [5, 5.41) is 2.79. The zero-order valence-electron chi connectivity index (χ0n) is 18.6. The molecule has 0 saturated heterocycles. The molecule has 2 aliphatic rings. The molecular formula is C24H29N3O4S. The number of hydrogen-bond acceptors (Lipinski definition) is 4. The Morgan fingerprint density at radius 1 is 1.06 bits per heavy atom. The Morgan fingerprint density at radius 3 is 2.50 bits per heavy atom. The summed E-state index contributed by atoms with van der Waals surface area (Å²) >= 11 is 0. The number of benzene rings is 2. The molecule has 2 amide bonds. The van der Waals surface area contributed by atoms with E-state index in [-0.39, 0.29) is 41.6 Å². The van der Waals surface area contributed by atoms with Gasteiger partial charge in [-0.2, -0.15) is 0 Å². The van der Waals surface area contributed by atoms with Crippen molar-refractivity contribution in [2.24, 2.45) is 5.92 Å². The van der Waals surface area contributed by atoms with Crippen molar-refractivity contribution in [1.82, 2.24) is 4.72 Å². The van der Waals surface area contributed by atoms with Gasteiger partial charge in [0.05, 0.1) is 4.90 Å². The summed E-state index contributed by atoms with van der Waals surface area (Å²) in [5.74, 6) is -0.00354. The third-order valence-electron chi connectivity index (χ3n) is 6.18. The molecular weight excluding hydrogens is 426 g/mol. The lowest BCUT2D eigenvalue weighted by atomic mass is 10.1. The minimum Gasteiger partial charge on any atom is -0.326 e. The number of fused-ring (bicyclic) bond motifs is 1. The van der Waals surface area contributed by atoms with Crippen LogP contribution in [-0.2, 0) is 26.0 Å². The van der Waals surface area contributed by atoms with Gasteiger partial charge >= 0.3 is 0 Å². The second kappa shape index (κ2) is 8.67. The first kappa shape index (κ1) is 22.5. The van der Waals surface area contributed by atoms with Gasteiger partial charge in [0, 0.05) is 36.3 Å². The van der Waals surface area contributed by atoms with E-state index in [1.165, 1.54) is 6.07 Å². The van der Waals surface area contributed by atoms with Crippen molar-refractivity contribution in [2.45, 2.75) is 57.4 Å². The molecule has 2 aromatic carbocycles. The van der Waals surface area contributed by atoms with Crippen LogP contribution in [0.1, 0.15) is 42.9 Å². The van der Waals surface area contributed by atoms with Crippen LogP contribution >= 0.6 is 0 Å². The first-order valence-electron chi connectivity index (χ1n) is 11.0. The number of nitrogens with one attached hydrogen (secondary N) is 2. The third kappa shape index (κ3) is 4.71. The molecule has 2 N–H and O–H groups in total. The zero-order chi connectivity index (χ0) is 23.0. The van der Waals surface area contributed by atoms with Crippen molar-refractivity contribution >= 4 is 33.2 Å². The van der Waals surface area contributed by atoms with Gasteiger partial charge < -0.3 is 10.2 Å². The van der Waals surface area contributed by atoms with Crippen molar-refractivity contribution < 1.29 is 18.0 Å². The van der Waals surface area contributed by atoms with Crippen LogP contribution in [0.4, 0.5) is 11.4 Å². The predicted molar refractivity (Wildman–Crippen MR) is 124 cm³/mol. The molecule has 32 heavy (non-hydrogen) atoms. The maximum absolute atomic E-state index is 12.7. The highest BCUT2D eigenvalue weighted by atomic mass is 32.2. The molecule has 0 aromatic heterocycles. The molecule has 1 heterocycles. The van der Waals surface area contributed by atoms with Crippen LogP contribution < -0.4 is 14.9 Å². The van der Waals surface area contributed by atoms with Gasteiger partial charge in [-0.1, -0.05) is 6.07 Å². The number of amides is 2. The highest BCUT2D eigenvalue weighted by molar-refractivity contribution is 7.89. The summed E-state index contributed by atoms with van der Waals surface area (Å²) in [6, 6.07) is 10.6. The van der Waals surface area contributed by atoms with Gasteiger partial charge in [-0.15, -0.1) is 0 Å². The molecule has 1 atom stereocenters. The van der Waals surface area contributed by atoms with E-state index in [1.807, 2.05) is 43.9 Å². The largest absolute Gasteiger partial charge is 0.326 e. The predicted octanol–water partition coefficient (Wildman–Crippen LogP) is 3.30. The van der Waals surface area contributed by atoms with Gasteiger partial charge in [0.2, 0.25) is 21.8 Å². The van der Waals surface area contributed by atoms with E-state index in [4.69, 9.17) is 0 Å². The molecule has 170 valence electrons. The standard InChI is InChI=1S/C24H29N3O4S/c1-15-4-7-20(12-16(15)2)26-23(28)10-11-25-32(30,31)21-8-9-22-19(14-21)13-17(3)27(22)24(29)18-5-6-18/h4,7-9,12,14,17-18,25H,5-6,10-11,13H2,1-3H3,(H,26,28)/t17-/m1/s1. The van der Waals surface area contributed by atoms with E-state index in [1.54, 1.807) is 12.1 Å². The Hall–Kier alpha value is -2.71. The zero-order valence-corrected chi connectivity index (χ0v) is 19.5. The number of carbonyl (C=O) groups excluding carboxylic acids is 2. The highest BCUT2D eigenvalue weighted by Gasteiger charge is 2.39. The first-order chi connectivity index (χ1) is 15.2. The molecule has 1 aliphatic carbocycles. The molecule has 0 unspecified atom stereocenters. The van der Waals surface area contributed by atoms with E-state index < -0.39 is 10.0 Å². The average Bonchev–Trinajstić information content (AvgIpc) is 3.52. The fourth-order valence-corrected chi connectivity index (χ4v) is 5.14. The van der Waals surface area contributed by atoms with Gasteiger partial charge in [0.1, 0.15) is 0 Å². The van der Waals surface area contributed by atoms with Crippen molar-refractivity contribution in [3.63, 3.8) is 0 Å². The topological polar surface area (TPSA) is 95.6 Å². The smallest absolute Gasteiger partial charge is 0.240 e. The molecule has 0 bridgehead atoms. The molecule has 8 heteroatoms. The summed E-state index contributed by atoms with van der Waals surface area (Å²) in [7, 11) is -3.76. The minimum atomic E-state index is -3.76. The van der Waals surface area contributed by atoms with Crippen LogP contribution in [0.15, 0.2) is 41.3 Å². The van der Waals surface area contributed by atoms with E-state index in [0.717, 1.165) is 35.2 Å².